The molecule has 7 heteroatoms. The van der Waals surface area contributed by atoms with Crippen LogP contribution in [0, 0.1) is 0 Å². The molecule has 0 fully saturated rings. The lowest BCUT2D eigenvalue weighted by Crippen LogP contribution is -2.49. The molecule has 0 aliphatic carbocycles. The molecular formula is C14H19N3O4. The number of anilines is 2. The fourth-order valence-corrected chi connectivity index (χ4v) is 2.14. The Bertz CT molecular complexity index is 547. The number of nitrogen functional groups attached to an aromatic ring is 1. The van der Waals surface area contributed by atoms with Gasteiger partial charge < -0.3 is 20.5 Å². The average molecular weight is 293 g/mol. The minimum absolute atomic E-state index is 0.0997. The highest BCUT2D eigenvalue weighted by Crippen LogP contribution is 2.38. The predicted molar refractivity (Wildman–Crippen MR) is 78.2 cm³/mol. The van der Waals surface area contributed by atoms with E-state index < -0.39 is 6.10 Å². The molecule has 2 amide bonds. The van der Waals surface area contributed by atoms with Gasteiger partial charge in [0.15, 0.2) is 6.10 Å². The summed E-state index contributed by atoms with van der Waals surface area (Å²) in [6.45, 7) is 2.35. The highest BCUT2D eigenvalue weighted by molar-refractivity contribution is 6.06. The molecule has 1 atom stereocenters. The van der Waals surface area contributed by atoms with Gasteiger partial charge in [0.2, 0.25) is 5.91 Å². The van der Waals surface area contributed by atoms with Crippen molar-refractivity contribution in [2.45, 2.75) is 13.0 Å². The first-order valence-corrected chi connectivity index (χ1v) is 6.66. The van der Waals surface area contributed by atoms with Gasteiger partial charge in [0.25, 0.3) is 5.91 Å². The minimum Gasteiger partial charge on any atom is -0.479 e. The van der Waals surface area contributed by atoms with Crippen molar-refractivity contribution in [1.29, 1.82) is 0 Å². The second kappa shape index (κ2) is 6.45. The number of hydrogen-bond donors (Lipinski definition) is 2. The van der Waals surface area contributed by atoms with Crippen molar-refractivity contribution in [3.8, 4) is 5.75 Å². The Kier molecular flexibility index (Phi) is 4.64. The maximum Gasteiger partial charge on any atom is 0.268 e. The largest absolute Gasteiger partial charge is 0.479 e. The highest BCUT2D eigenvalue weighted by Gasteiger charge is 2.33. The maximum absolute atomic E-state index is 12.2. The summed E-state index contributed by atoms with van der Waals surface area (Å²) in [6.07, 6.45) is -0.647. The van der Waals surface area contributed by atoms with E-state index in [0.29, 0.717) is 30.3 Å². The number of carbonyl (C=O) groups is 2. The van der Waals surface area contributed by atoms with Crippen LogP contribution < -0.4 is 20.7 Å². The number of hydrogen-bond acceptors (Lipinski definition) is 5. The van der Waals surface area contributed by atoms with E-state index in [2.05, 4.69) is 5.32 Å². The molecule has 21 heavy (non-hydrogen) atoms. The van der Waals surface area contributed by atoms with E-state index in [4.69, 9.17) is 15.2 Å². The van der Waals surface area contributed by atoms with E-state index in [9.17, 15) is 9.59 Å². The molecule has 114 valence electrons. The monoisotopic (exact) mass is 293 g/mol. The van der Waals surface area contributed by atoms with Crippen LogP contribution in [0.3, 0.4) is 0 Å². The molecule has 7 nitrogen and oxygen atoms in total. The van der Waals surface area contributed by atoms with Gasteiger partial charge in [-0.05, 0) is 19.1 Å². The summed E-state index contributed by atoms with van der Waals surface area (Å²) in [5.41, 5.74) is 6.76. The topological polar surface area (TPSA) is 93.9 Å². The van der Waals surface area contributed by atoms with E-state index in [0.717, 1.165) is 0 Å². The molecule has 0 spiro atoms. The maximum atomic E-state index is 12.2. The number of ether oxygens (including phenoxy) is 2. The normalized spacial score (nSPS) is 17.1. The van der Waals surface area contributed by atoms with Crippen molar-refractivity contribution < 1.29 is 19.1 Å². The standard InChI is InChI=1S/C14H19N3O4/c1-9-14(19)17(8-12(18)16-6-7-20-2)13-10(15)4-3-5-11(13)21-9/h3-5,9H,6-8,15H2,1-2H3,(H,16,18). The van der Waals surface area contributed by atoms with Crippen LogP contribution in [-0.4, -0.2) is 44.7 Å². The Morgan fingerprint density at radius 2 is 2.29 bits per heavy atom. The summed E-state index contributed by atoms with van der Waals surface area (Å²) in [6, 6.07) is 5.14. The molecule has 2 rings (SSSR count). The van der Waals surface area contributed by atoms with Gasteiger partial charge >= 0.3 is 0 Å². The van der Waals surface area contributed by atoms with Crippen LogP contribution in [-0.2, 0) is 14.3 Å². The number of carbonyl (C=O) groups excluding carboxylic acids is 2. The molecule has 1 heterocycles. The van der Waals surface area contributed by atoms with Crippen LogP contribution in [0.2, 0.25) is 0 Å². The molecule has 0 saturated heterocycles. The van der Waals surface area contributed by atoms with Gasteiger partial charge in [-0.2, -0.15) is 0 Å². The Morgan fingerprint density at radius 3 is 3.00 bits per heavy atom. The van der Waals surface area contributed by atoms with Gasteiger partial charge in [-0.15, -0.1) is 0 Å². The van der Waals surface area contributed by atoms with Crippen molar-refractivity contribution in [3.05, 3.63) is 18.2 Å². The van der Waals surface area contributed by atoms with Crippen LogP contribution >= 0.6 is 0 Å². The third kappa shape index (κ3) is 3.25. The molecule has 1 aromatic rings. The van der Waals surface area contributed by atoms with Crippen LogP contribution in [0.5, 0.6) is 5.75 Å². The van der Waals surface area contributed by atoms with E-state index >= 15 is 0 Å². The summed E-state index contributed by atoms with van der Waals surface area (Å²) in [5, 5.41) is 2.68. The number of amides is 2. The SMILES string of the molecule is COCCNC(=O)CN1C(=O)C(C)Oc2cccc(N)c21. The van der Waals surface area contributed by atoms with Crippen LogP contribution in [0.15, 0.2) is 18.2 Å². The first-order valence-electron chi connectivity index (χ1n) is 6.66. The van der Waals surface area contributed by atoms with Gasteiger partial charge in [0.1, 0.15) is 18.0 Å². The molecule has 0 aromatic heterocycles. The lowest BCUT2D eigenvalue weighted by Gasteiger charge is -2.33. The third-order valence-corrected chi connectivity index (χ3v) is 3.15. The minimum atomic E-state index is -0.647. The zero-order valence-electron chi connectivity index (χ0n) is 12.1. The van der Waals surface area contributed by atoms with Gasteiger partial charge in [0, 0.05) is 13.7 Å². The Morgan fingerprint density at radius 1 is 1.52 bits per heavy atom. The summed E-state index contributed by atoms with van der Waals surface area (Å²) in [7, 11) is 1.55. The third-order valence-electron chi connectivity index (χ3n) is 3.15. The lowest BCUT2D eigenvalue weighted by molar-refractivity contribution is -0.128. The predicted octanol–water partition coefficient (Wildman–Crippen LogP) is 0.145. The van der Waals surface area contributed by atoms with Crippen molar-refractivity contribution in [3.63, 3.8) is 0 Å². The van der Waals surface area contributed by atoms with Crippen molar-refractivity contribution >= 4 is 23.2 Å². The zero-order chi connectivity index (χ0) is 15.4. The number of rotatable bonds is 5. The molecule has 0 radical (unpaired) electrons. The molecule has 0 saturated carbocycles. The van der Waals surface area contributed by atoms with Crippen LogP contribution in [0.1, 0.15) is 6.92 Å². The molecule has 3 N–H and O–H groups in total. The van der Waals surface area contributed by atoms with Crippen molar-refractivity contribution in [2.75, 3.05) is 37.4 Å². The molecule has 1 aromatic carbocycles. The summed E-state index contributed by atoms with van der Waals surface area (Å²) in [4.78, 5) is 25.5. The van der Waals surface area contributed by atoms with Gasteiger partial charge in [-0.25, -0.2) is 0 Å². The summed E-state index contributed by atoms with van der Waals surface area (Å²) < 4.78 is 10.4. The number of fused-ring (bicyclic) bond motifs is 1. The number of nitrogens with two attached hydrogens (primary N) is 1. The second-order valence-corrected chi connectivity index (χ2v) is 4.72. The Labute approximate surface area is 123 Å². The van der Waals surface area contributed by atoms with Gasteiger partial charge in [-0.3, -0.25) is 14.5 Å². The number of methoxy groups -OCH3 is 1. The molecule has 0 bridgehead atoms. The first kappa shape index (κ1) is 15.1. The quantitative estimate of drug-likeness (QED) is 0.595. The van der Waals surface area contributed by atoms with Crippen LogP contribution in [0.4, 0.5) is 11.4 Å². The average Bonchev–Trinajstić information content (AvgIpc) is 2.44. The molecule has 1 aliphatic rings. The Hall–Kier alpha value is -2.28. The molecule has 1 aliphatic heterocycles. The first-order chi connectivity index (χ1) is 10.0. The van der Waals surface area contributed by atoms with E-state index in [1.54, 1.807) is 32.2 Å². The number of benzene rings is 1. The van der Waals surface area contributed by atoms with Gasteiger partial charge in [-0.1, -0.05) is 6.07 Å². The smallest absolute Gasteiger partial charge is 0.268 e. The zero-order valence-corrected chi connectivity index (χ0v) is 12.1. The lowest BCUT2D eigenvalue weighted by atomic mass is 10.1. The Balaban J connectivity index is 2.18. The van der Waals surface area contributed by atoms with Crippen molar-refractivity contribution in [2.24, 2.45) is 0 Å². The van der Waals surface area contributed by atoms with Crippen molar-refractivity contribution in [1.82, 2.24) is 5.32 Å². The number of nitrogens with one attached hydrogen (secondary N) is 1. The van der Waals surface area contributed by atoms with Gasteiger partial charge in [0.05, 0.1) is 12.3 Å². The second-order valence-electron chi connectivity index (χ2n) is 4.72. The number of para-hydroxylation sites is 1. The fourth-order valence-electron chi connectivity index (χ4n) is 2.14. The summed E-state index contributed by atoms with van der Waals surface area (Å²) >= 11 is 0. The fraction of sp³-hybridized carbons (Fsp3) is 0.429. The highest BCUT2D eigenvalue weighted by atomic mass is 16.5. The number of nitrogens with zero attached hydrogens (tertiary/aromatic N) is 1. The summed E-state index contributed by atoms with van der Waals surface area (Å²) in [5.74, 6) is -0.0576. The molecule has 1 unspecified atom stereocenters. The van der Waals surface area contributed by atoms with E-state index in [1.807, 2.05) is 0 Å². The molecular weight excluding hydrogens is 274 g/mol. The van der Waals surface area contributed by atoms with E-state index in [-0.39, 0.29) is 18.4 Å². The van der Waals surface area contributed by atoms with E-state index in [1.165, 1.54) is 4.90 Å². The van der Waals surface area contributed by atoms with Crippen LogP contribution in [0.25, 0.3) is 0 Å².